The molecule has 0 aromatic heterocycles. The second-order valence-electron chi connectivity index (χ2n) is 5.73. The number of carbonyl (C=O) groups excluding carboxylic acids is 6. The first-order chi connectivity index (χ1) is 13.4. The third-order valence-corrected chi connectivity index (χ3v) is 2.94. The van der Waals surface area contributed by atoms with Crippen molar-refractivity contribution in [1.29, 1.82) is 0 Å². The van der Waals surface area contributed by atoms with Crippen molar-refractivity contribution >= 4 is 34.7 Å². The molecule has 0 atom stereocenters. The fraction of sp³-hybridized carbons (Fsp3) is 0.600. The average Bonchev–Trinajstić information content (AvgIpc) is 2.43. The molecular formula is C15H21CoN3O12. The van der Waals surface area contributed by atoms with E-state index in [0.717, 1.165) is 41.5 Å². The van der Waals surface area contributed by atoms with Crippen LogP contribution in [0.3, 0.4) is 0 Å². The number of carbonyl (C=O) groups is 6. The quantitative estimate of drug-likeness (QED) is 0.223. The monoisotopic (exact) mass is 494 g/mol. The van der Waals surface area contributed by atoms with Gasteiger partial charge in [-0.2, -0.15) is 0 Å². The van der Waals surface area contributed by atoms with Crippen LogP contribution in [0.5, 0.6) is 0 Å². The smallest absolute Gasteiger partial charge is 0.292 e. The van der Waals surface area contributed by atoms with Gasteiger partial charge in [0.1, 0.15) is 0 Å². The maximum atomic E-state index is 10.4. The summed E-state index contributed by atoms with van der Waals surface area (Å²) in [5, 5.41) is 29.8. The average molecular weight is 494 g/mol. The number of rotatable bonds is 9. The van der Waals surface area contributed by atoms with Gasteiger partial charge in [0.2, 0.25) is 34.7 Å². The van der Waals surface area contributed by atoms with Gasteiger partial charge in [-0.1, -0.05) is 0 Å². The van der Waals surface area contributed by atoms with E-state index in [1.54, 1.807) is 0 Å². The second kappa shape index (κ2) is 16.5. The Kier molecular flexibility index (Phi) is 18.7. The van der Waals surface area contributed by atoms with Gasteiger partial charge in [-0.05, 0) is 0 Å². The number of nitrogens with zero attached hydrogens (tertiary/aromatic N) is 3. The number of ketones is 6. The third kappa shape index (κ3) is 15.3. The summed E-state index contributed by atoms with van der Waals surface area (Å²) < 4.78 is 0. The van der Waals surface area contributed by atoms with Crippen molar-refractivity contribution in [3.8, 4) is 0 Å². The zero-order valence-corrected chi connectivity index (χ0v) is 18.3. The SMILES string of the molecule is CC(=O)C(C(C)=O)[N+](=O)[O-].CC(=O)C(C(C)=O)[N+](=O)[O-].CC(=O)C(C(C)=O)[N+](=O)[O-].[Co]. The van der Waals surface area contributed by atoms with Crippen LogP contribution >= 0.6 is 0 Å². The third-order valence-electron chi connectivity index (χ3n) is 2.94. The van der Waals surface area contributed by atoms with Crippen molar-refractivity contribution in [2.24, 2.45) is 0 Å². The van der Waals surface area contributed by atoms with Gasteiger partial charge in [0.15, 0.2) is 0 Å². The molecule has 0 aromatic rings. The van der Waals surface area contributed by atoms with Crippen molar-refractivity contribution in [3.05, 3.63) is 30.3 Å². The molecule has 31 heavy (non-hydrogen) atoms. The molecule has 0 saturated carbocycles. The number of nitro groups is 3. The van der Waals surface area contributed by atoms with Crippen molar-refractivity contribution in [1.82, 2.24) is 0 Å². The molecule has 0 bridgehead atoms. The van der Waals surface area contributed by atoms with Gasteiger partial charge in [-0.3, -0.25) is 59.1 Å². The van der Waals surface area contributed by atoms with Crippen LogP contribution in [0.15, 0.2) is 0 Å². The molecule has 177 valence electrons. The summed E-state index contributed by atoms with van der Waals surface area (Å²) in [5.41, 5.74) is 0. The molecule has 0 spiro atoms. The first-order valence-electron chi connectivity index (χ1n) is 7.83. The minimum Gasteiger partial charge on any atom is -0.292 e. The predicted octanol–water partition coefficient (Wildman–Crippen LogP) is -0.573. The normalized spacial score (nSPS) is 9.19. The molecule has 0 unspecified atom stereocenters. The Morgan fingerprint density at radius 3 is 0.548 bits per heavy atom. The molecule has 0 aliphatic rings. The Labute approximate surface area is 185 Å². The molecule has 1 radical (unpaired) electrons. The van der Waals surface area contributed by atoms with Gasteiger partial charge in [-0.15, -0.1) is 0 Å². The van der Waals surface area contributed by atoms with Crippen LogP contribution < -0.4 is 0 Å². The first kappa shape index (κ1) is 35.2. The van der Waals surface area contributed by atoms with Crippen LogP contribution in [0, 0.1) is 30.3 Å². The van der Waals surface area contributed by atoms with Gasteiger partial charge in [-0.25, -0.2) is 0 Å². The van der Waals surface area contributed by atoms with Crippen LogP contribution in [-0.2, 0) is 45.5 Å². The van der Waals surface area contributed by atoms with Crippen molar-refractivity contribution in [2.45, 2.75) is 59.7 Å². The number of Topliss-reactive ketones (excluding diaryl/α,β-unsaturated/α-hetero) is 6. The first-order valence-corrected chi connectivity index (χ1v) is 7.83. The summed E-state index contributed by atoms with van der Waals surface area (Å²) in [7, 11) is 0. The molecule has 0 amide bonds. The van der Waals surface area contributed by atoms with Gasteiger partial charge in [0.25, 0.3) is 0 Å². The van der Waals surface area contributed by atoms with E-state index in [0.29, 0.717) is 0 Å². The van der Waals surface area contributed by atoms with Crippen LogP contribution in [-0.4, -0.2) is 67.6 Å². The predicted molar refractivity (Wildman–Crippen MR) is 96.4 cm³/mol. The Hall–Kier alpha value is -3.27. The molecule has 0 aliphatic carbocycles. The minimum atomic E-state index is -1.67. The van der Waals surface area contributed by atoms with E-state index in [-0.39, 0.29) is 16.8 Å². The van der Waals surface area contributed by atoms with E-state index in [1.165, 1.54) is 0 Å². The summed E-state index contributed by atoms with van der Waals surface area (Å²) in [5.74, 6) is -4.35. The standard InChI is InChI=1S/3C5H7NO4.Co/c3*1-3(7)5(4(2)8)6(9)10;/h3*5H,1-2H3;. The van der Waals surface area contributed by atoms with E-state index in [1.807, 2.05) is 0 Å². The summed E-state index contributed by atoms with van der Waals surface area (Å²) in [6.45, 7) is 6.14. The van der Waals surface area contributed by atoms with Gasteiger partial charge < -0.3 is 0 Å². The Morgan fingerprint density at radius 2 is 0.548 bits per heavy atom. The van der Waals surface area contributed by atoms with E-state index < -0.39 is 67.6 Å². The number of hydrogen-bond acceptors (Lipinski definition) is 12. The molecule has 0 aliphatic heterocycles. The molecule has 16 heteroatoms. The van der Waals surface area contributed by atoms with Gasteiger partial charge >= 0.3 is 18.1 Å². The number of hydrogen-bond donors (Lipinski definition) is 0. The second-order valence-corrected chi connectivity index (χ2v) is 5.73. The fourth-order valence-corrected chi connectivity index (χ4v) is 1.75. The zero-order chi connectivity index (χ0) is 24.9. The maximum Gasteiger partial charge on any atom is 0.326 e. The van der Waals surface area contributed by atoms with E-state index in [2.05, 4.69) is 0 Å². The van der Waals surface area contributed by atoms with E-state index in [9.17, 15) is 59.1 Å². The van der Waals surface area contributed by atoms with Crippen molar-refractivity contribution in [2.75, 3.05) is 0 Å². The maximum absolute atomic E-state index is 10.4. The Morgan fingerprint density at radius 1 is 0.452 bits per heavy atom. The summed E-state index contributed by atoms with van der Waals surface area (Å²) >= 11 is 0. The Balaban J connectivity index is -0.000000174. The molecule has 15 nitrogen and oxygen atoms in total. The summed E-state index contributed by atoms with van der Waals surface area (Å²) in [6.07, 6.45) is 0. The molecule has 0 saturated heterocycles. The van der Waals surface area contributed by atoms with Gasteiger partial charge in [0, 0.05) is 73.1 Å². The topological polar surface area (TPSA) is 232 Å². The van der Waals surface area contributed by atoms with Crippen molar-refractivity contribution < 1.29 is 60.3 Å². The largest absolute Gasteiger partial charge is 0.326 e. The van der Waals surface area contributed by atoms with Gasteiger partial charge in [0.05, 0.1) is 0 Å². The summed E-state index contributed by atoms with van der Waals surface area (Å²) in [6, 6.07) is -5.00. The van der Waals surface area contributed by atoms with Crippen molar-refractivity contribution in [3.63, 3.8) is 0 Å². The molecule has 0 rings (SSSR count). The summed E-state index contributed by atoms with van der Waals surface area (Å²) in [4.78, 5) is 89.4. The fourth-order valence-electron chi connectivity index (χ4n) is 1.75. The Bertz CT molecular complexity index is 565. The van der Waals surface area contributed by atoms with Crippen LogP contribution in [0.1, 0.15) is 41.5 Å². The molecular weight excluding hydrogens is 473 g/mol. The van der Waals surface area contributed by atoms with Crippen LogP contribution in [0.4, 0.5) is 0 Å². The molecule has 0 fully saturated rings. The molecule has 0 N–H and O–H groups in total. The van der Waals surface area contributed by atoms with E-state index >= 15 is 0 Å². The molecule has 0 heterocycles. The van der Waals surface area contributed by atoms with E-state index in [4.69, 9.17) is 0 Å². The van der Waals surface area contributed by atoms with Crippen LogP contribution in [0.2, 0.25) is 0 Å². The zero-order valence-electron chi connectivity index (χ0n) is 17.3. The minimum absolute atomic E-state index is 0. The van der Waals surface area contributed by atoms with Crippen LogP contribution in [0.25, 0.3) is 0 Å². The molecule has 0 aromatic carbocycles.